The van der Waals surface area contributed by atoms with E-state index in [0.29, 0.717) is 17.3 Å². The molecule has 3 aromatic heterocycles. The van der Waals surface area contributed by atoms with Gasteiger partial charge in [0.1, 0.15) is 11.2 Å². The van der Waals surface area contributed by atoms with Crippen LogP contribution >= 0.6 is 11.8 Å². The average molecular weight is 291 g/mol. The summed E-state index contributed by atoms with van der Waals surface area (Å²) in [6.45, 7) is 0. The number of nitro groups is 1. The molecule has 0 fully saturated rings. The Hall–Kier alpha value is -2.49. The van der Waals surface area contributed by atoms with Crippen LogP contribution in [0.2, 0.25) is 0 Å². The highest BCUT2D eigenvalue weighted by Gasteiger charge is 2.23. The highest BCUT2D eigenvalue weighted by molar-refractivity contribution is 7.98. The molecule has 0 bridgehead atoms. The molecule has 20 heavy (non-hydrogen) atoms. The molecule has 0 aromatic carbocycles. The smallest absolute Gasteiger partial charge is 0.343 e. The van der Waals surface area contributed by atoms with Gasteiger partial charge in [-0.2, -0.15) is 9.61 Å². The number of fused-ring (bicyclic) bond motifs is 1. The van der Waals surface area contributed by atoms with Crippen LogP contribution in [0.25, 0.3) is 17.3 Å². The van der Waals surface area contributed by atoms with Crippen molar-refractivity contribution in [2.75, 3.05) is 6.26 Å². The lowest BCUT2D eigenvalue weighted by Crippen LogP contribution is -2.03. The maximum absolute atomic E-state index is 10.9. The third-order valence-corrected chi connectivity index (χ3v) is 3.43. The number of nitrogens with zero attached hydrogens (tertiary/aromatic N) is 7. The number of thioether (sulfide) groups is 1. The average Bonchev–Trinajstić information content (AvgIpc) is 3.01. The SMILES string of the molecule is CSc1ccc2nnc(-c3ncc([N+](=O)[O-])n3C)n2n1. The largest absolute Gasteiger partial charge is 0.358 e. The first-order valence-corrected chi connectivity index (χ1v) is 6.77. The van der Waals surface area contributed by atoms with Crippen LogP contribution in [-0.2, 0) is 7.05 Å². The van der Waals surface area contributed by atoms with Gasteiger partial charge in [0.25, 0.3) is 5.82 Å². The second kappa shape index (κ2) is 4.56. The molecule has 0 saturated heterocycles. The minimum atomic E-state index is -0.500. The van der Waals surface area contributed by atoms with Crippen molar-refractivity contribution < 1.29 is 4.92 Å². The Morgan fingerprint density at radius 1 is 1.30 bits per heavy atom. The standard InChI is InChI=1S/C10H9N7O2S/c1-15-8(17(18)19)5-11-9(15)10-13-12-6-3-4-7(20-2)14-16(6)10/h3-5H,1-2H3. The zero-order valence-electron chi connectivity index (χ0n) is 10.6. The zero-order valence-corrected chi connectivity index (χ0v) is 11.4. The van der Waals surface area contributed by atoms with Gasteiger partial charge >= 0.3 is 5.82 Å². The number of rotatable bonds is 3. The van der Waals surface area contributed by atoms with Crippen LogP contribution in [-0.4, -0.2) is 40.5 Å². The minimum Gasteiger partial charge on any atom is -0.358 e. The van der Waals surface area contributed by atoms with Crippen molar-refractivity contribution in [3.63, 3.8) is 0 Å². The fourth-order valence-electron chi connectivity index (χ4n) is 1.80. The fraction of sp³-hybridized carbons (Fsp3) is 0.200. The highest BCUT2D eigenvalue weighted by Crippen LogP contribution is 2.22. The molecular formula is C10H9N7O2S. The van der Waals surface area contributed by atoms with Crippen molar-refractivity contribution in [3.05, 3.63) is 28.4 Å². The van der Waals surface area contributed by atoms with Gasteiger partial charge in [0, 0.05) is 0 Å². The van der Waals surface area contributed by atoms with Crippen molar-refractivity contribution in [2.45, 2.75) is 5.03 Å². The number of hydrogen-bond donors (Lipinski definition) is 0. The normalized spacial score (nSPS) is 11.1. The van der Waals surface area contributed by atoms with Crippen LogP contribution in [0, 0.1) is 10.1 Å². The summed E-state index contributed by atoms with van der Waals surface area (Å²) in [4.78, 5) is 14.4. The van der Waals surface area contributed by atoms with E-state index >= 15 is 0 Å². The minimum absolute atomic E-state index is 0.113. The maximum Gasteiger partial charge on any atom is 0.343 e. The fourth-order valence-corrected chi connectivity index (χ4v) is 2.17. The van der Waals surface area contributed by atoms with Crippen LogP contribution in [0.4, 0.5) is 5.82 Å². The molecule has 3 aromatic rings. The topological polar surface area (TPSA) is 104 Å². The first-order chi connectivity index (χ1) is 9.61. The van der Waals surface area contributed by atoms with Crippen LogP contribution in [0.5, 0.6) is 0 Å². The van der Waals surface area contributed by atoms with Crippen LogP contribution in [0.1, 0.15) is 0 Å². The third kappa shape index (κ3) is 1.81. The molecule has 0 aliphatic heterocycles. The molecule has 102 valence electrons. The van der Waals surface area contributed by atoms with Gasteiger partial charge in [-0.3, -0.25) is 0 Å². The summed E-state index contributed by atoms with van der Waals surface area (Å²) >= 11 is 1.48. The van der Waals surface area contributed by atoms with Gasteiger partial charge in [-0.05, 0) is 23.3 Å². The van der Waals surface area contributed by atoms with Gasteiger partial charge in [-0.25, -0.2) is 9.55 Å². The Balaban J connectivity index is 2.21. The van der Waals surface area contributed by atoms with Crippen LogP contribution < -0.4 is 0 Å². The number of hydrogen-bond acceptors (Lipinski definition) is 7. The first-order valence-electron chi connectivity index (χ1n) is 5.54. The summed E-state index contributed by atoms with van der Waals surface area (Å²) < 4.78 is 2.88. The molecule has 3 rings (SSSR count). The van der Waals surface area contributed by atoms with Crippen molar-refractivity contribution in [1.29, 1.82) is 0 Å². The Morgan fingerprint density at radius 3 is 2.75 bits per heavy atom. The molecule has 3 heterocycles. The van der Waals surface area contributed by atoms with Gasteiger partial charge in [0.2, 0.25) is 5.82 Å². The van der Waals surface area contributed by atoms with Gasteiger partial charge in [0.05, 0.1) is 7.05 Å². The molecule has 0 radical (unpaired) electrons. The lowest BCUT2D eigenvalue weighted by Gasteiger charge is -1.99. The van der Waals surface area contributed by atoms with Crippen molar-refractivity contribution >= 4 is 23.2 Å². The molecule has 0 aliphatic carbocycles. The summed E-state index contributed by atoms with van der Waals surface area (Å²) in [7, 11) is 1.56. The Morgan fingerprint density at radius 2 is 2.10 bits per heavy atom. The van der Waals surface area contributed by atoms with E-state index in [1.54, 1.807) is 13.1 Å². The predicted octanol–water partition coefficient (Wildman–Crippen LogP) is 1.15. The second-order valence-electron chi connectivity index (χ2n) is 3.93. The molecule has 9 nitrogen and oxygen atoms in total. The van der Waals surface area contributed by atoms with Gasteiger partial charge in [-0.1, -0.05) is 0 Å². The number of imidazole rings is 1. The summed E-state index contributed by atoms with van der Waals surface area (Å²) in [6.07, 6.45) is 3.10. The lowest BCUT2D eigenvalue weighted by molar-refractivity contribution is -0.391. The molecule has 10 heteroatoms. The van der Waals surface area contributed by atoms with E-state index in [0.717, 1.165) is 5.03 Å². The van der Waals surface area contributed by atoms with Crippen molar-refractivity contribution in [2.24, 2.45) is 7.05 Å². The first kappa shape index (κ1) is 12.5. The van der Waals surface area contributed by atoms with E-state index in [1.807, 2.05) is 12.3 Å². The highest BCUT2D eigenvalue weighted by atomic mass is 32.2. The monoisotopic (exact) mass is 291 g/mol. The summed E-state index contributed by atoms with van der Waals surface area (Å²) in [5.74, 6) is 0.597. The van der Waals surface area contributed by atoms with E-state index in [9.17, 15) is 10.1 Å². The molecule has 0 amide bonds. The third-order valence-electron chi connectivity index (χ3n) is 2.80. The maximum atomic E-state index is 10.9. The van der Waals surface area contributed by atoms with Gasteiger partial charge < -0.3 is 10.1 Å². The van der Waals surface area contributed by atoms with E-state index in [-0.39, 0.29) is 5.82 Å². The molecular weight excluding hydrogens is 282 g/mol. The summed E-state index contributed by atoms with van der Waals surface area (Å²) in [5, 5.41) is 24.0. The molecule has 0 aliphatic rings. The van der Waals surface area contributed by atoms with E-state index in [1.165, 1.54) is 27.0 Å². The van der Waals surface area contributed by atoms with Crippen molar-refractivity contribution in [1.82, 2.24) is 29.4 Å². The van der Waals surface area contributed by atoms with Crippen LogP contribution in [0.15, 0.2) is 23.4 Å². The van der Waals surface area contributed by atoms with E-state index in [2.05, 4.69) is 20.3 Å². The molecule has 0 saturated carbocycles. The van der Waals surface area contributed by atoms with Gasteiger partial charge in [0.15, 0.2) is 5.65 Å². The van der Waals surface area contributed by atoms with Gasteiger partial charge in [-0.15, -0.1) is 22.0 Å². The molecule has 0 atom stereocenters. The zero-order chi connectivity index (χ0) is 14.3. The van der Waals surface area contributed by atoms with Crippen LogP contribution in [0.3, 0.4) is 0 Å². The number of aromatic nitrogens is 6. The van der Waals surface area contributed by atoms with E-state index < -0.39 is 4.92 Å². The lowest BCUT2D eigenvalue weighted by atomic mass is 10.5. The summed E-state index contributed by atoms with van der Waals surface area (Å²) in [6, 6.07) is 3.62. The quantitative estimate of drug-likeness (QED) is 0.405. The Kier molecular flexibility index (Phi) is 2.86. The predicted molar refractivity (Wildman–Crippen MR) is 71.4 cm³/mol. The molecule has 0 N–H and O–H groups in total. The summed E-state index contributed by atoms with van der Waals surface area (Å²) in [5.41, 5.74) is 0.559. The van der Waals surface area contributed by atoms with Crippen molar-refractivity contribution in [3.8, 4) is 11.6 Å². The molecule has 0 spiro atoms. The second-order valence-corrected chi connectivity index (χ2v) is 4.75. The Bertz CT molecular complexity index is 809. The van der Waals surface area contributed by atoms with E-state index in [4.69, 9.17) is 0 Å². The molecule has 0 unspecified atom stereocenters. The Labute approximate surface area is 116 Å².